The molecule has 0 spiro atoms. The summed E-state index contributed by atoms with van der Waals surface area (Å²) in [5.41, 5.74) is 4.63. The Labute approximate surface area is 147 Å². The lowest BCUT2D eigenvalue weighted by molar-refractivity contribution is 0.624. The van der Waals surface area contributed by atoms with Crippen LogP contribution in [0.25, 0.3) is 10.9 Å². The number of rotatable bonds is 5. The van der Waals surface area contributed by atoms with Crippen molar-refractivity contribution in [3.63, 3.8) is 0 Å². The number of nitrogens with zero attached hydrogens (tertiary/aromatic N) is 1. The van der Waals surface area contributed by atoms with Crippen LogP contribution in [-0.2, 0) is 13.0 Å². The molecule has 0 saturated heterocycles. The van der Waals surface area contributed by atoms with E-state index in [1.165, 1.54) is 34.2 Å². The van der Waals surface area contributed by atoms with Crippen molar-refractivity contribution < 1.29 is 4.39 Å². The van der Waals surface area contributed by atoms with Crippen LogP contribution in [0.4, 0.5) is 4.39 Å². The van der Waals surface area contributed by atoms with Gasteiger partial charge in [-0.15, -0.1) is 0 Å². The summed E-state index contributed by atoms with van der Waals surface area (Å²) in [5, 5.41) is 7.81. The molecule has 0 aliphatic rings. The van der Waals surface area contributed by atoms with E-state index in [4.69, 9.17) is 0 Å². The van der Waals surface area contributed by atoms with Gasteiger partial charge in [0.05, 0.1) is 0 Å². The van der Waals surface area contributed by atoms with Crippen LogP contribution in [0.1, 0.15) is 16.7 Å². The van der Waals surface area contributed by atoms with Crippen molar-refractivity contribution in [2.75, 3.05) is 13.6 Å². The van der Waals surface area contributed by atoms with E-state index >= 15 is 0 Å². The molecule has 0 bridgehead atoms. The Hall–Kier alpha value is -2.82. The van der Waals surface area contributed by atoms with Crippen molar-refractivity contribution in [1.82, 2.24) is 15.6 Å². The summed E-state index contributed by atoms with van der Waals surface area (Å²) in [6, 6.07) is 12.9. The van der Waals surface area contributed by atoms with Gasteiger partial charge in [0, 0.05) is 37.2 Å². The van der Waals surface area contributed by atoms with Crippen molar-refractivity contribution in [3.8, 4) is 0 Å². The lowest BCUT2D eigenvalue weighted by Gasteiger charge is -2.12. The molecule has 5 heteroatoms. The number of nitrogens with one attached hydrogen (secondary N) is 3. The highest BCUT2D eigenvalue weighted by Crippen LogP contribution is 2.22. The molecule has 0 aliphatic heterocycles. The van der Waals surface area contributed by atoms with E-state index in [0.717, 1.165) is 18.5 Å². The van der Waals surface area contributed by atoms with Gasteiger partial charge in [0.25, 0.3) is 0 Å². The monoisotopic (exact) mass is 338 g/mol. The predicted molar refractivity (Wildman–Crippen MR) is 101 cm³/mol. The van der Waals surface area contributed by atoms with Crippen LogP contribution in [0.15, 0.2) is 53.7 Å². The number of guanidine groups is 1. The Kier molecular flexibility index (Phi) is 5.33. The second kappa shape index (κ2) is 7.83. The van der Waals surface area contributed by atoms with E-state index < -0.39 is 0 Å². The Morgan fingerprint density at radius 2 is 2.00 bits per heavy atom. The quantitative estimate of drug-likeness (QED) is 0.492. The van der Waals surface area contributed by atoms with E-state index in [1.54, 1.807) is 13.1 Å². The highest BCUT2D eigenvalue weighted by atomic mass is 19.1. The maximum Gasteiger partial charge on any atom is 0.191 e. The summed E-state index contributed by atoms with van der Waals surface area (Å²) in [5.74, 6) is 0.484. The van der Waals surface area contributed by atoms with Crippen LogP contribution in [0.5, 0.6) is 0 Å². The SMILES string of the molecule is CN=C(NCCc1c[nH]c2cccc(C)c12)NCc1cccc(F)c1. The van der Waals surface area contributed by atoms with E-state index in [9.17, 15) is 4.39 Å². The van der Waals surface area contributed by atoms with Gasteiger partial charge >= 0.3 is 0 Å². The molecule has 25 heavy (non-hydrogen) atoms. The van der Waals surface area contributed by atoms with Gasteiger partial charge < -0.3 is 15.6 Å². The molecule has 0 fully saturated rings. The summed E-state index contributed by atoms with van der Waals surface area (Å²) in [4.78, 5) is 7.54. The van der Waals surface area contributed by atoms with Crippen LogP contribution in [0.3, 0.4) is 0 Å². The minimum absolute atomic E-state index is 0.225. The van der Waals surface area contributed by atoms with Gasteiger partial charge in [-0.05, 0) is 48.2 Å². The number of aromatic nitrogens is 1. The Bertz CT molecular complexity index is 882. The van der Waals surface area contributed by atoms with Crippen LogP contribution in [0.2, 0.25) is 0 Å². The molecule has 0 radical (unpaired) electrons. The highest BCUT2D eigenvalue weighted by Gasteiger charge is 2.06. The van der Waals surface area contributed by atoms with Gasteiger partial charge in [-0.1, -0.05) is 24.3 Å². The second-order valence-corrected chi connectivity index (χ2v) is 6.04. The smallest absolute Gasteiger partial charge is 0.191 e. The van der Waals surface area contributed by atoms with E-state index in [2.05, 4.69) is 51.9 Å². The average Bonchev–Trinajstić information content (AvgIpc) is 3.02. The fraction of sp³-hybridized carbons (Fsp3) is 0.250. The maximum atomic E-state index is 13.2. The Balaban J connectivity index is 1.54. The molecular formula is C20H23FN4. The number of hydrogen-bond acceptors (Lipinski definition) is 1. The summed E-state index contributed by atoms with van der Waals surface area (Å²) in [6.07, 6.45) is 2.97. The van der Waals surface area contributed by atoms with Gasteiger partial charge in [0.15, 0.2) is 5.96 Å². The maximum absolute atomic E-state index is 13.2. The summed E-state index contributed by atoms with van der Waals surface area (Å²) in [7, 11) is 1.73. The first-order valence-electron chi connectivity index (χ1n) is 8.42. The Morgan fingerprint density at radius 1 is 1.16 bits per heavy atom. The van der Waals surface area contributed by atoms with E-state index in [1.807, 2.05) is 6.07 Å². The predicted octanol–water partition coefficient (Wildman–Crippen LogP) is 3.52. The standard InChI is InChI=1S/C20H23FN4/c1-14-5-3-8-18-19(14)16(13-24-18)9-10-23-20(22-2)25-12-15-6-4-7-17(21)11-15/h3-8,11,13,24H,9-10,12H2,1-2H3,(H2,22,23,25). The molecule has 0 unspecified atom stereocenters. The number of halogens is 1. The van der Waals surface area contributed by atoms with Crippen LogP contribution < -0.4 is 10.6 Å². The molecule has 0 atom stereocenters. The first-order valence-corrected chi connectivity index (χ1v) is 8.42. The normalized spacial score (nSPS) is 11.7. The topological polar surface area (TPSA) is 52.2 Å². The van der Waals surface area contributed by atoms with Crippen LogP contribution >= 0.6 is 0 Å². The molecule has 0 saturated carbocycles. The number of aliphatic imine (C=N–C) groups is 1. The third kappa shape index (κ3) is 4.18. The average molecular weight is 338 g/mol. The van der Waals surface area contributed by atoms with Gasteiger partial charge in [0.1, 0.15) is 5.82 Å². The minimum Gasteiger partial charge on any atom is -0.361 e. The molecule has 4 nitrogen and oxygen atoms in total. The number of aryl methyl sites for hydroxylation is 1. The summed E-state index contributed by atoms with van der Waals surface area (Å²) >= 11 is 0. The van der Waals surface area contributed by atoms with Crippen molar-refractivity contribution in [2.24, 2.45) is 4.99 Å². The minimum atomic E-state index is -0.225. The molecule has 1 heterocycles. The molecular weight excluding hydrogens is 315 g/mol. The van der Waals surface area contributed by atoms with Crippen LogP contribution in [0, 0.1) is 12.7 Å². The van der Waals surface area contributed by atoms with Crippen molar-refractivity contribution >= 4 is 16.9 Å². The van der Waals surface area contributed by atoms with Gasteiger partial charge in [-0.2, -0.15) is 0 Å². The number of hydrogen-bond donors (Lipinski definition) is 3. The number of benzene rings is 2. The molecule has 0 amide bonds. The fourth-order valence-corrected chi connectivity index (χ4v) is 3.02. The largest absolute Gasteiger partial charge is 0.361 e. The van der Waals surface area contributed by atoms with Crippen molar-refractivity contribution in [2.45, 2.75) is 19.9 Å². The first-order chi connectivity index (χ1) is 12.2. The number of H-pyrrole nitrogens is 1. The van der Waals surface area contributed by atoms with Crippen molar-refractivity contribution in [3.05, 3.63) is 71.2 Å². The first kappa shape index (κ1) is 17.0. The zero-order valence-corrected chi connectivity index (χ0v) is 14.6. The lowest BCUT2D eigenvalue weighted by atomic mass is 10.1. The molecule has 130 valence electrons. The number of aromatic amines is 1. The molecule has 3 rings (SSSR count). The van der Waals surface area contributed by atoms with Gasteiger partial charge in [-0.25, -0.2) is 4.39 Å². The van der Waals surface area contributed by atoms with E-state index in [0.29, 0.717) is 12.5 Å². The second-order valence-electron chi connectivity index (χ2n) is 6.04. The van der Waals surface area contributed by atoms with E-state index in [-0.39, 0.29) is 5.82 Å². The molecule has 3 N–H and O–H groups in total. The zero-order chi connectivity index (χ0) is 17.6. The molecule has 1 aromatic heterocycles. The Morgan fingerprint density at radius 3 is 2.80 bits per heavy atom. The molecule has 2 aromatic carbocycles. The number of fused-ring (bicyclic) bond motifs is 1. The lowest BCUT2D eigenvalue weighted by Crippen LogP contribution is -2.37. The van der Waals surface area contributed by atoms with Crippen LogP contribution in [-0.4, -0.2) is 24.5 Å². The highest BCUT2D eigenvalue weighted by molar-refractivity contribution is 5.86. The molecule has 3 aromatic rings. The van der Waals surface area contributed by atoms with Crippen molar-refractivity contribution in [1.29, 1.82) is 0 Å². The zero-order valence-electron chi connectivity index (χ0n) is 14.6. The summed E-state index contributed by atoms with van der Waals surface area (Å²) < 4.78 is 13.2. The fourth-order valence-electron chi connectivity index (χ4n) is 3.02. The van der Waals surface area contributed by atoms with Gasteiger partial charge in [-0.3, -0.25) is 4.99 Å². The third-order valence-corrected chi connectivity index (χ3v) is 4.26. The summed E-state index contributed by atoms with van der Waals surface area (Å²) in [6.45, 7) is 3.43. The third-order valence-electron chi connectivity index (χ3n) is 4.26. The van der Waals surface area contributed by atoms with Gasteiger partial charge in [0.2, 0.25) is 0 Å². The molecule has 0 aliphatic carbocycles.